The largest absolute Gasteiger partial charge is 0.351 e. The lowest BCUT2D eigenvalue weighted by Crippen LogP contribution is -2.34. The summed E-state index contributed by atoms with van der Waals surface area (Å²) in [7, 11) is 0. The lowest BCUT2D eigenvalue weighted by atomic mass is 9.99. The maximum Gasteiger partial charge on any atom is 0.252 e. The van der Waals surface area contributed by atoms with Crippen LogP contribution in [0.3, 0.4) is 0 Å². The van der Waals surface area contributed by atoms with Crippen molar-refractivity contribution in [2.45, 2.75) is 32.2 Å². The van der Waals surface area contributed by atoms with E-state index in [0.717, 1.165) is 19.4 Å². The molecule has 1 heterocycles. The summed E-state index contributed by atoms with van der Waals surface area (Å²) in [6.45, 7) is 3.02. The van der Waals surface area contributed by atoms with Gasteiger partial charge < -0.3 is 10.2 Å². The van der Waals surface area contributed by atoms with Crippen molar-refractivity contribution in [3.63, 3.8) is 0 Å². The molecule has 1 unspecified atom stereocenters. The van der Waals surface area contributed by atoms with Crippen LogP contribution in [0.1, 0.15) is 46.8 Å². The minimum absolute atomic E-state index is 0.0272. The number of hydrogen-bond donors (Lipinski definition) is 1. The number of benzene rings is 2. The fraction of sp³-hybridized carbons (Fsp3) is 0.333. The summed E-state index contributed by atoms with van der Waals surface area (Å²) < 4.78 is 13.9. The fourth-order valence-corrected chi connectivity index (χ4v) is 3.97. The third-order valence-corrected chi connectivity index (χ3v) is 5.61. The molecule has 4 nitrogen and oxygen atoms in total. The summed E-state index contributed by atoms with van der Waals surface area (Å²) in [6.07, 6.45) is 2.16. The molecular weight excluding hydrogens is 411 g/mol. The zero-order chi connectivity index (χ0) is 19.4. The van der Waals surface area contributed by atoms with Crippen LogP contribution in [-0.4, -0.2) is 29.8 Å². The van der Waals surface area contributed by atoms with Gasteiger partial charge in [0.25, 0.3) is 5.91 Å². The molecule has 2 amide bonds. The molecule has 0 aromatic heterocycles. The Hall–Kier alpha value is -2.21. The molecule has 6 heteroatoms. The number of halogens is 2. The zero-order valence-corrected chi connectivity index (χ0v) is 16.8. The zero-order valence-electron chi connectivity index (χ0n) is 15.2. The monoisotopic (exact) mass is 432 g/mol. The first kappa shape index (κ1) is 19.5. The lowest BCUT2D eigenvalue weighted by molar-refractivity contribution is -0.132. The Morgan fingerprint density at radius 1 is 1.26 bits per heavy atom. The standard InChI is InChI=1S/C21H22BrFN2O2/c1-14-5-2-3-6-16(14)19-7-4-12-25(19)20(26)10-11-24-21(27)17-13-15(23)8-9-18(17)22/h2-3,5-6,8-9,13,19H,4,7,10-12H2,1H3,(H,24,27). The number of likely N-dealkylation sites (tertiary alicyclic amines) is 1. The van der Waals surface area contributed by atoms with Gasteiger partial charge in [0.1, 0.15) is 5.82 Å². The fourth-order valence-electron chi connectivity index (χ4n) is 3.54. The van der Waals surface area contributed by atoms with Gasteiger partial charge in [-0.05, 0) is 65.0 Å². The predicted molar refractivity (Wildman–Crippen MR) is 106 cm³/mol. The Balaban J connectivity index is 1.58. The van der Waals surface area contributed by atoms with Crippen molar-refractivity contribution in [1.82, 2.24) is 10.2 Å². The summed E-state index contributed by atoms with van der Waals surface area (Å²) in [4.78, 5) is 26.8. The van der Waals surface area contributed by atoms with Gasteiger partial charge >= 0.3 is 0 Å². The van der Waals surface area contributed by atoms with Crippen LogP contribution < -0.4 is 5.32 Å². The molecule has 2 aromatic carbocycles. The van der Waals surface area contributed by atoms with Crippen LogP contribution in [0.4, 0.5) is 4.39 Å². The quantitative estimate of drug-likeness (QED) is 0.761. The normalized spacial score (nSPS) is 16.4. The third-order valence-electron chi connectivity index (χ3n) is 4.92. The number of nitrogens with zero attached hydrogens (tertiary/aromatic N) is 1. The average Bonchev–Trinajstić information content (AvgIpc) is 3.13. The van der Waals surface area contributed by atoms with Gasteiger partial charge in [0.15, 0.2) is 0 Å². The lowest BCUT2D eigenvalue weighted by Gasteiger charge is -2.26. The highest BCUT2D eigenvalue weighted by Gasteiger charge is 2.30. The summed E-state index contributed by atoms with van der Waals surface area (Å²) in [6, 6.07) is 12.2. The Morgan fingerprint density at radius 3 is 2.81 bits per heavy atom. The molecule has 27 heavy (non-hydrogen) atoms. The molecule has 1 atom stereocenters. The van der Waals surface area contributed by atoms with Crippen LogP contribution in [0, 0.1) is 12.7 Å². The van der Waals surface area contributed by atoms with Crippen molar-refractivity contribution < 1.29 is 14.0 Å². The van der Waals surface area contributed by atoms with Crippen LogP contribution in [-0.2, 0) is 4.79 Å². The summed E-state index contributed by atoms with van der Waals surface area (Å²) in [5.41, 5.74) is 2.60. The van der Waals surface area contributed by atoms with Crippen molar-refractivity contribution in [2.75, 3.05) is 13.1 Å². The van der Waals surface area contributed by atoms with E-state index in [4.69, 9.17) is 0 Å². The first-order valence-electron chi connectivity index (χ1n) is 9.05. The Bertz CT molecular complexity index is 856. The Labute approximate surface area is 166 Å². The molecule has 0 bridgehead atoms. The van der Waals surface area contributed by atoms with Crippen LogP contribution in [0.2, 0.25) is 0 Å². The van der Waals surface area contributed by atoms with Gasteiger partial charge in [-0.15, -0.1) is 0 Å². The van der Waals surface area contributed by atoms with E-state index in [1.165, 1.54) is 29.3 Å². The molecule has 1 N–H and O–H groups in total. The summed E-state index contributed by atoms with van der Waals surface area (Å²) in [5, 5.41) is 2.70. The van der Waals surface area contributed by atoms with Crippen LogP contribution in [0.15, 0.2) is 46.9 Å². The van der Waals surface area contributed by atoms with E-state index in [1.54, 1.807) is 0 Å². The number of amides is 2. The van der Waals surface area contributed by atoms with Gasteiger partial charge in [-0.3, -0.25) is 9.59 Å². The Kier molecular flexibility index (Phi) is 6.26. The molecule has 1 fully saturated rings. The average molecular weight is 433 g/mol. The first-order valence-corrected chi connectivity index (χ1v) is 9.85. The van der Waals surface area contributed by atoms with E-state index < -0.39 is 11.7 Å². The van der Waals surface area contributed by atoms with Crippen molar-refractivity contribution in [2.24, 2.45) is 0 Å². The second kappa shape index (κ2) is 8.65. The van der Waals surface area contributed by atoms with Crippen molar-refractivity contribution >= 4 is 27.7 Å². The Morgan fingerprint density at radius 2 is 2.04 bits per heavy atom. The van der Waals surface area contributed by atoms with Crippen LogP contribution >= 0.6 is 15.9 Å². The van der Waals surface area contributed by atoms with E-state index >= 15 is 0 Å². The number of carbonyl (C=O) groups excluding carboxylic acids is 2. The van der Waals surface area contributed by atoms with Crippen molar-refractivity contribution in [3.8, 4) is 0 Å². The number of rotatable bonds is 5. The van der Waals surface area contributed by atoms with Gasteiger partial charge in [0.05, 0.1) is 11.6 Å². The van der Waals surface area contributed by atoms with Crippen molar-refractivity contribution in [1.29, 1.82) is 0 Å². The molecule has 0 radical (unpaired) electrons. The van der Waals surface area contributed by atoms with E-state index in [0.29, 0.717) is 4.47 Å². The molecule has 1 aliphatic rings. The van der Waals surface area contributed by atoms with Gasteiger partial charge in [0.2, 0.25) is 5.91 Å². The third kappa shape index (κ3) is 4.56. The number of nitrogens with one attached hydrogen (secondary N) is 1. The van der Waals surface area contributed by atoms with E-state index in [9.17, 15) is 14.0 Å². The maximum absolute atomic E-state index is 13.3. The molecule has 2 aromatic rings. The van der Waals surface area contributed by atoms with Crippen LogP contribution in [0.5, 0.6) is 0 Å². The number of carbonyl (C=O) groups is 2. The number of hydrogen-bond acceptors (Lipinski definition) is 2. The first-order chi connectivity index (χ1) is 13.0. The van der Waals surface area contributed by atoms with E-state index in [2.05, 4.69) is 40.3 Å². The SMILES string of the molecule is Cc1ccccc1C1CCCN1C(=O)CCNC(=O)c1cc(F)ccc1Br. The molecule has 0 saturated carbocycles. The minimum atomic E-state index is -0.474. The molecule has 142 valence electrons. The summed E-state index contributed by atoms with van der Waals surface area (Å²) in [5.74, 6) is -0.844. The molecule has 3 rings (SSSR count). The van der Waals surface area contributed by atoms with Gasteiger partial charge in [0, 0.05) is 24.0 Å². The van der Waals surface area contributed by atoms with Gasteiger partial charge in [-0.2, -0.15) is 0 Å². The highest BCUT2D eigenvalue weighted by Crippen LogP contribution is 2.33. The van der Waals surface area contributed by atoms with Gasteiger partial charge in [-0.25, -0.2) is 4.39 Å². The van der Waals surface area contributed by atoms with E-state index in [-0.39, 0.29) is 30.5 Å². The highest BCUT2D eigenvalue weighted by molar-refractivity contribution is 9.10. The molecule has 1 saturated heterocycles. The maximum atomic E-state index is 13.3. The van der Waals surface area contributed by atoms with E-state index in [1.807, 2.05) is 17.0 Å². The molecule has 0 aliphatic carbocycles. The second-order valence-corrected chi connectivity index (χ2v) is 7.59. The highest BCUT2D eigenvalue weighted by atomic mass is 79.9. The summed E-state index contributed by atoms with van der Waals surface area (Å²) >= 11 is 3.24. The van der Waals surface area contributed by atoms with Crippen LogP contribution in [0.25, 0.3) is 0 Å². The smallest absolute Gasteiger partial charge is 0.252 e. The molecular formula is C21H22BrFN2O2. The predicted octanol–water partition coefficient (Wildman–Crippen LogP) is 4.38. The molecule has 1 aliphatic heterocycles. The van der Waals surface area contributed by atoms with Crippen molar-refractivity contribution in [3.05, 3.63) is 69.4 Å². The topological polar surface area (TPSA) is 49.4 Å². The second-order valence-electron chi connectivity index (χ2n) is 6.73. The van der Waals surface area contributed by atoms with Gasteiger partial charge in [-0.1, -0.05) is 24.3 Å². The number of aryl methyl sites for hydroxylation is 1. The minimum Gasteiger partial charge on any atom is -0.351 e. The molecule has 0 spiro atoms.